The van der Waals surface area contributed by atoms with Gasteiger partial charge in [-0.25, -0.2) is 8.42 Å². The van der Waals surface area contributed by atoms with Crippen LogP contribution < -0.4 is 5.32 Å². The standard InChI is InChI=1S/C20H23N5O3S/c1-14(2)12-22-20(26)17-11-16-13-24(9-10-25(16)23-17)29(27,28)18-7-3-5-15-6-4-8-21-19(15)18/h3-8,11,14H,9-10,12-13H2,1-2H3,(H,22,26). The minimum absolute atomic E-state index is 0.163. The summed E-state index contributed by atoms with van der Waals surface area (Å²) in [6.45, 7) is 5.44. The number of carbonyl (C=O) groups is 1. The smallest absolute Gasteiger partial charge is 0.271 e. The third kappa shape index (κ3) is 3.75. The molecular formula is C20H23N5O3S. The lowest BCUT2D eigenvalue weighted by Gasteiger charge is -2.27. The van der Waals surface area contributed by atoms with Crippen molar-refractivity contribution in [2.75, 3.05) is 13.1 Å². The minimum Gasteiger partial charge on any atom is -0.350 e. The fraction of sp³-hybridized carbons (Fsp3) is 0.350. The van der Waals surface area contributed by atoms with Crippen molar-refractivity contribution >= 4 is 26.8 Å². The summed E-state index contributed by atoms with van der Waals surface area (Å²) < 4.78 is 29.7. The summed E-state index contributed by atoms with van der Waals surface area (Å²) in [4.78, 5) is 16.8. The first-order chi connectivity index (χ1) is 13.9. The molecule has 9 heteroatoms. The van der Waals surface area contributed by atoms with Gasteiger partial charge in [0.25, 0.3) is 5.91 Å². The molecule has 0 unspecified atom stereocenters. The summed E-state index contributed by atoms with van der Waals surface area (Å²) in [5, 5.41) is 7.96. The van der Waals surface area contributed by atoms with Crippen molar-refractivity contribution in [1.29, 1.82) is 0 Å². The lowest BCUT2D eigenvalue weighted by molar-refractivity contribution is 0.0943. The summed E-state index contributed by atoms with van der Waals surface area (Å²) >= 11 is 0. The lowest BCUT2D eigenvalue weighted by Crippen LogP contribution is -2.38. The van der Waals surface area contributed by atoms with Crippen molar-refractivity contribution in [3.63, 3.8) is 0 Å². The molecule has 2 aromatic heterocycles. The average molecular weight is 414 g/mol. The first-order valence-electron chi connectivity index (χ1n) is 9.55. The highest BCUT2D eigenvalue weighted by molar-refractivity contribution is 7.89. The second-order valence-electron chi connectivity index (χ2n) is 7.52. The number of nitrogens with one attached hydrogen (secondary N) is 1. The lowest BCUT2D eigenvalue weighted by atomic mass is 10.2. The topological polar surface area (TPSA) is 97.2 Å². The molecule has 0 saturated heterocycles. The molecule has 152 valence electrons. The minimum atomic E-state index is -3.73. The van der Waals surface area contributed by atoms with Crippen LogP contribution in [0.1, 0.15) is 30.0 Å². The average Bonchev–Trinajstić information content (AvgIpc) is 3.15. The predicted molar refractivity (Wildman–Crippen MR) is 109 cm³/mol. The molecule has 1 aromatic carbocycles. The quantitative estimate of drug-likeness (QED) is 0.690. The van der Waals surface area contributed by atoms with Gasteiger partial charge in [-0.15, -0.1) is 0 Å². The van der Waals surface area contributed by atoms with Gasteiger partial charge in [0.15, 0.2) is 0 Å². The molecule has 0 aliphatic carbocycles. The molecule has 0 saturated carbocycles. The molecule has 4 rings (SSSR count). The zero-order valence-corrected chi connectivity index (χ0v) is 17.2. The van der Waals surface area contributed by atoms with Crippen molar-refractivity contribution in [1.82, 2.24) is 24.4 Å². The van der Waals surface area contributed by atoms with Crippen molar-refractivity contribution in [2.24, 2.45) is 5.92 Å². The molecule has 0 fully saturated rings. The molecule has 3 aromatic rings. The Kier molecular flexibility index (Phi) is 5.10. The van der Waals surface area contributed by atoms with Crippen molar-refractivity contribution in [2.45, 2.75) is 31.8 Å². The summed E-state index contributed by atoms with van der Waals surface area (Å²) in [6, 6.07) is 10.4. The predicted octanol–water partition coefficient (Wildman–Crippen LogP) is 2.02. The van der Waals surface area contributed by atoms with E-state index in [1.807, 2.05) is 26.0 Å². The highest BCUT2D eigenvalue weighted by Crippen LogP contribution is 2.27. The molecule has 29 heavy (non-hydrogen) atoms. The molecule has 1 aliphatic heterocycles. The second-order valence-corrected chi connectivity index (χ2v) is 9.42. The number of sulfonamides is 1. The number of fused-ring (bicyclic) bond motifs is 2. The van der Waals surface area contributed by atoms with E-state index < -0.39 is 10.0 Å². The van der Waals surface area contributed by atoms with Gasteiger partial charge in [0, 0.05) is 24.7 Å². The Morgan fingerprint density at radius 2 is 2.00 bits per heavy atom. The van der Waals surface area contributed by atoms with E-state index in [-0.39, 0.29) is 23.9 Å². The fourth-order valence-electron chi connectivity index (χ4n) is 3.37. The Bertz CT molecular complexity index is 1160. The van der Waals surface area contributed by atoms with E-state index in [0.717, 1.165) is 5.39 Å². The number of amides is 1. The van der Waals surface area contributed by atoms with Gasteiger partial charge >= 0.3 is 0 Å². The van der Waals surface area contributed by atoms with Crippen LogP contribution in [0, 0.1) is 5.92 Å². The van der Waals surface area contributed by atoms with Gasteiger partial charge in [-0.1, -0.05) is 32.0 Å². The maximum atomic E-state index is 13.3. The molecule has 0 spiro atoms. The van der Waals surface area contributed by atoms with Gasteiger partial charge < -0.3 is 5.32 Å². The van der Waals surface area contributed by atoms with Crippen molar-refractivity contribution < 1.29 is 13.2 Å². The number of nitrogens with zero attached hydrogens (tertiary/aromatic N) is 4. The first-order valence-corrected chi connectivity index (χ1v) is 11.0. The van der Waals surface area contributed by atoms with Gasteiger partial charge in [0.05, 0.1) is 24.3 Å². The Balaban J connectivity index is 1.60. The number of pyridine rings is 1. The highest BCUT2D eigenvalue weighted by Gasteiger charge is 2.31. The van der Waals surface area contributed by atoms with Gasteiger partial charge in [-0.2, -0.15) is 9.40 Å². The van der Waals surface area contributed by atoms with Gasteiger partial charge in [-0.3, -0.25) is 14.5 Å². The fourth-order valence-corrected chi connectivity index (χ4v) is 4.94. The molecule has 8 nitrogen and oxygen atoms in total. The molecular weight excluding hydrogens is 390 g/mol. The molecule has 0 atom stereocenters. The molecule has 0 bridgehead atoms. The van der Waals surface area contributed by atoms with Crippen LogP contribution in [0.5, 0.6) is 0 Å². The highest BCUT2D eigenvalue weighted by atomic mass is 32.2. The van der Waals surface area contributed by atoms with E-state index in [9.17, 15) is 13.2 Å². The third-order valence-corrected chi connectivity index (χ3v) is 6.76. The van der Waals surface area contributed by atoms with Crippen LogP contribution in [0.4, 0.5) is 0 Å². The Morgan fingerprint density at radius 3 is 2.79 bits per heavy atom. The molecule has 3 heterocycles. The maximum Gasteiger partial charge on any atom is 0.271 e. The third-order valence-electron chi connectivity index (χ3n) is 4.88. The monoisotopic (exact) mass is 413 g/mol. The van der Waals surface area contributed by atoms with Crippen LogP contribution in [0.2, 0.25) is 0 Å². The molecule has 1 N–H and O–H groups in total. The van der Waals surface area contributed by atoms with Crippen LogP contribution in [0.3, 0.4) is 0 Å². The van der Waals surface area contributed by atoms with Crippen LogP contribution in [-0.4, -0.2) is 46.5 Å². The second kappa shape index (κ2) is 7.57. The molecule has 0 radical (unpaired) electrons. The SMILES string of the molecule is CC(C)CNC(=O)c1cc2n(n1)CCN(S(=O)(=O)c1cccc3cccnc13)C2. The van der Waals surface area contributed by atoms with E-state index in [2.05, 4.69) is 15.4 Å². The van der Waals surface area contributed by atoms with Crippen LogP contribution >= 0.6 is 0 Å². The van der Waals surface area contributed by atoms with E-state index in [1.165, 1.54) is 4.31 Å². The first kappa shape index (κ1) is 19.5. The summed E-state index contributed by atoms with van der Waals surface area (Å²) in [7, 11) is -3.73. The maximum absolute atomic E-state index is 13.3. The van der Waals surface area contributed by atoms with E-state index in [1.54, 1.807) is 35.1 Å². The summed E-state index contributed by atoms with van der Waals surface area (Å²) in [5.41, 5.74) is 1.47. The number of benzene rings is 1. The number of hydrogen-bond donors (Lipinski definition) is 1. The number of aromatic nitrogens is 3. The Morgan fingerprint density at radius 1 is 1.21 bits per heavy atom. The van der Waals surface area contributed by atoms with Crippen LogP contribution in [0.15, 0.2) is 47.5 Å². The van der Waals surface area contributed by atoms with Gasteiger partial charge in [0.2, 0.25) is 10.0 Å². The van der Waals surface area contributed by atoms with Gasteiger partial charge in [-0.05, 0) is 24.1 Å². The zero-order valence-electron chi connectivity index (χ0n) is 16.4. The van der Waals surface area contributed by atoms with Crippen molar-refractivity contribution in [3.8, 4) is 0 Å². The van der Waals surface area contributed by atoms with Crippen LogP contribution in [-0.2, 0) is 23.1 Å². The molecule has 1 amide bonds. The summed E-state index contributed by atoms with van der Waals surface area (Å²) in [5.74, 6) is 0.0967. The summed E-state index contributed by atoms with van der Waals surface area (Å²) in [6.07, 6.45) is 1.59. The number of para-hydroxylation sites is 1. The molecule has 1 aliphatic rings. The number of rotatable bonds is 5. The van der Waals surface area contributed by atoms with E-state index in [0.29, 0.717) is 35.9 Å². The van der Waals surface area contributed by atoms with Crippen LogP contribution in [0.25, 0.3) is 10.9 Å². The van der Waals surface area contributed by atoms with E-state index in [4.69, 9.17) is 0 Å². The van der Waals surface area contributed by atoms with Crippen molar-refractivity contribution in [3.05, 3.63) is 54.0 Å². The Labute approximate surface area is 169 Å². The van der Waals surface area contributed by atoms with E-state index >= 15 is 0 Å². The zero-order chi connectivity index (χ0) is 20.6. The van der Waals surface area contributed by atoms with Gasteiger partial charge in [0.1, 0.15) is 10.6 Å². The number of carbonyl (C=O) groups excluding carboxylic acids is 1. The largest absolute Gasteiger partial charge is 0.350 e. The number of hydrogen-bond acceptors (Lipinski definition) is 5. The Hall–Kier alpha value is -2.78. The normalized spacial score (nSPS) is 14.9.